The van der Waals surface area contributed by atoms with Gasteiger partial charge in [-0.15, -0.1) is 0 Å². The van der Waals surface area contributed by atoms with Gasteiger partial charge in [-0.1, -0.05) is 55.5 Å². The second kappa shape index (κ2) is 10.7. The molecule has 2 atom stereocenters. The summed E-state index contributed by atoms with van der Waals surface area (Å²) in [6.45, 7) is 3.79. The number of hydrogen-bond donors (Lipinski definition) is 2. The molecule has 34 heavy (non-hydrogen) atoms. The van der Waals surface area contributed by atoms with Gasteiger partial charge in [0.25, 0.3) is 0 Å². The van der Waals surface area contributed by atoms with Crippen molar-refractivity contribution in [2.45, 2.75) is 38.5 Å². The zero-order chi connectivity index (χ0) is 24.1. The number of carboxylic acid groups (broad SMARTS) is 1. The number of aliphatic carboxylic acids is 1. The van der Waals surface area contributed by atoms with E-state index in [-0.39, 0.29) is 36.7 Å². The average molecular weight is 465 g/mol. The van der Waals surface area contributed by atoms with Crippen molar-refractivity contribution in [1.29, 1.82) is 0 Å². The minimum atomic E-state index is -0.794. The van der Waals surface area contributed by atoms with E-state index in [1.54, 1.807) is 0 Å². The molecule has 1 aliphatic carbocycles. The third kappa shape index (κ3) is 5.41. The molecule has 0 saturated carbocycles. The third-order valence-electron chi connectivity index (χ3n) is 6.98. The van der Waals surface area contributed by atoms with Crippen molar-refractivity contribution < 1.29 is 24.2 Å². The molecule has 2 aromatic carbocycles. The molecular weight excluding hydrogens is 432 g/mol. The molecule has 180 valence electrons. The predicted octanol–water partition coefficient (Wildman–Crippen LogP) is 4.26. The Hall–Kier alpha value is -3.35. The fourth-order valence-electron chi connectivity index (χ4n) is 5.07. The van der Waals surface area contributed by atoms with Crippen molar-refractivity contribution in [2.24, 2.45) is 11.8 Å². The molecule has 2 aromatic rings. The van der Waals surface area contributed by atoms with Crippen LogP contribution in [0.3, 0.4) is 0 Å². The Morgan fingerprint density at radius 1 is 1.09 bits per heavy atom. The van der Waals surface area contributed by atoms with Crippen molar-refractivity contribution in [3.63, 3.8) is 0 Å². The molecule has 0 bridgehead atoms. The highest BCUT2D eigenvalue weighted by Crippen LogP contribution is 2.44. The summed E-state index contributed by atoms with van der Waals surface area (Å²) >= 11 is 0. The Balaban J connectivity index is 1.20. The number of benzene rings is 2. The van der Waals surface area contributed by atoms with Crippen molar-refractivity contribution >= 4 is 18.0 Å². The first-order chi connectivity index (χ1) is 16.4. The normalized spacial score (nSPS) is 17.7. The molecule has 1 saturated heterocycles. The van der Waals surface area contributed by atoms with E-state index < -0.39 is 12.1 Å². The molecular formula is C27H32N2O5. The van der Waals surface area contributed by atoms with Gasteiger partial charge in [0, 0.05) is 37.9 Å². The van der Waals surface area contributed by atoms with Crippen LogP contribution in [-0.2, 0) is 14.3 Å². The van der Waals surface area contributed by atoms with Gasteiger partial charge in [-0.25, -0.2) is 4.79 Å². The molecule has 7 heteroatoms. The monoisotopic (exact) mass is 464 g/mol. The second-order valence-corrected chi connectivity index (χ2v) is 9.31. The number of carboxylic acids is 1. The highest BCUT2D eigenvalue weighted by atomic mass is 16.5. The van der Waals surface area contributed by atoms with Crippen molar-refractivity contribution in [3.05, 3.63) is 59.7 Å². The molecule has 7 nitrogen and oxygen atoms in total. The van der Waals surface area contributed by atoms with Crippen LogP contribution in [0.15, 0.2) is 48.5 Å². The summed E-state index contributed by atoms with van der Waals surface area (Å²) < 4.78 is 5.55. The Morgan fingerprint density at radius 2 is 1.74 bits per heavy atom. The summed E-state index contributed by atoms with van der Waals surface area (Å²) in [6.07, 6.45) is 1.66. The van der Waals surface area contributed by atoms with Crippen molar-refractivity contribution in [2.75, 3.05) is 26.2 Å². The number of ether oxygens (including phenoxy) is 1. The van der Waals surface area contributed by atoms with Gasteiger partial charge in [-0.05, 0) is 47.4 Å². The molecule has 2 amide bonds. The lowest BCUT2D eigenvalue weighted by Gasteiger charge is -2.21. The van der Waals surface area contributed by atoms with E-state index in [9.17, 15) is 14.4 Å². The number of likely N-dealkylation sites (tertiary alicyclic amines) is 1. The molecule has 4 rings (SSSR count). The zero-order valence-electron chi connectivity index (χ0n) is 19.5. The van der Waals surface area contributed by atoms with Gasteiger partial charge >= 0.3 is 12.1 Å². The van der Waals surface area contributed by atoms with Gasteiger partial charge in [0.2, 0.25) is 5.91 Å². The highest BCUT2D eigenvalue weighted by Gasteiger charge is 2.30. The first kappa shape index (κ1) is 23.8. The number of carbonyl (C=O) groups is 3. The first-order valence-corrected chi connectivity index (χ1v) is 12.0. The summed E-state index contributed by atoms with van der Waals surface area (Å²) in [5.74, 6) is -0.675. The summed E-state index contributed by atoms with van der Waals surface area (Å²) in [7, 11) is 0. The lowest BCUT2D eigenvalue weighted by molar-refractivity contribution is -0.137. The first-order valence-electron chi connectivity index (χ1n) is 12.0. The van der Waals surface area contributed by atoms with Crippen molar-refractivity contribution in [1.82, 2.24) is 10.2 Å². The number of nitrogens with zero attached hydrogens (tertiary/aromatic N) is 1. The fourth-order valence-corrected chi connectivity index (χ4v) is 5.07. The Labute approximate surface area is 200 Å². The molecule has 2 unspecified atom stereocenters. The number of hydrogen-bond acceptors (Lipinski definition) is 4. The predicted molar refractivity (Wildman–Crippen MR) is 128 cm³/mol. The summed E-state index contributed by atoms with van der Waals surface area (Å²) in [4.78, 5) is 37.6. The Morgan fingerprint density at radius 3 is 2.38 bits per heavy atom. The number of carbonyl (C=O) groups excluding carboxylic acids is 2. The largest absolute Gasteiger partial charge is 0.481 e. The summed E-state index contributed by atoms with van der Waals surface area (Å²) in [5.41, 5.74) is 4.71. The quantitative estimate of drug-likeness (QED) is 0.578. The van der Waals surface area contributed by atoms with Gasteiger partial charge in [0.05, 0.1) is 0 Å². The smallest absolute Gasteiger partial charge is 0.407 e. The van der Waals surface area contributed by atoms with E-state index >= 15 is 0 Å². The van der Waals surface area contributed by atoms with E-state index in [1.807, 2.05) is 36.1 Å². The van der Waals surface area contributed by atoms with Crippen LogP contribution in [-0.4, -0.2) is 54.2 Å². The zero-order valence-corrected chi connectivity index (χ0v) is 19.5. The van der Waals surface area contributed by atoms with Crippen LogP contribution in [0.5, 0.6) is 0 Å². The molecule has 0 spiro atoms. The van der Waals surface area contributed by atoms with E-state index in [2.05, 4.69) is 29.6 Å². The SMILES string of the molecule is CC(CCNC(=O)OCC1c2ccccc2-c2ccccc21)C(=O)N1CCC(CCC(=O)O)C1. The Bertz CT molecular complexity index is 1010. The molecule has 1 fully saturated rings. The molecule has 0 aromatic heterocycles. The van der Waals surface area contributed by atoms with Crippen LogP contribution in [0.2, 0.25) is 0 Å². The molecule has 1 heterocycles. The van der Waals surface area contributed by atoms with E-state index in [4.69, 9.17) is 9.84 Å². The van der Waals surface area contributed by atoms with Gasteiger partial charge in [-0.2, -0.15) is 0 Å². The number of nitrogens with one attached hydrogen (secondary N) is 1. The van der Waals surface area contributed by atoms with Crippen LogP contribution >= 0.6 is 0 Å². The lowest BCUT2D eigenvalue weighted by Crippen LogP contribution is -2.35. The molecule has 2 aliphatic rings. The Kier molecular flexibility index (Phi) is 7.50. The van der Waals surface area contributed by atoms with Crippen LogP contribution in [0.1, 0.15) is 49.7 Å². The van der Waals surface area contributed by atoms with Gasteiger partial charge in [0.15, 0.2) is 0 Å². The number of amides is 2. The topological polar surface area (TPSA) is 95.9 Å². The minimum absolute atomic E-state index is 0.0166. The average Bonchev–Trinajstić information content (AvgIpc) is 3.44. The number of rotatable bonds is 9. The standard InChI is InChI=1S/C27H32N2O5/c1-18(26(32)29-15-13-19(16-29)10-11-25(30)31)12-14-28-27(33)34-17-24-22-8-4-2-6-20(22)21-7-3-5-9-23(21)24/h2-9,18-19,24H,10-17H2,1H3,(H,28,33)(H,30,31). The second-order valence-electron chi connectivity index (χ2n) is 9.31. The van der Waals surface area contributed by atoms with E-state index in [0.29, 0.717) is 32.5 Å². The third-order valence-corrected chi connectivity index (χ3v) is 6.98. The van der Waals surface area contributed by atoms with Gasteiger partial charge in [-0.3, -0.25) is 9.59 Å². The molecule has 1 aliphatic heterocycles. The van der Waals surface area contributed by atoms with E-state index in [0.717, 1.165) is 6.42 Å². The molecule has 2 N–H and O–H groups in total. The van der Waals surface area contributed by atoms with Crippen LogP contribution in [0, 0.1) is 11.8 Å². The summed E-state index contributed by atoms with van der Waals surface area (Å²) in [5, 5.41) is 11.6. The fraction of sp³-hybridized carbons (Fsp3) is 0.444. The summed E-state index contributed by atoms with van der Waals surface area (Å²) in [6, 6.07) is 16.4. The van der Waals surface area contributed by atoms with Crippen LogP contribution in [0.25, 0.3) is 11.1 Å². The van der Waals surface area contributed by atoms with Gasteiger partial charge in [0.1, 0.15) is 6.61 Å². The highest BCUT2D eigenvalue weighted by molar-refractivity contribution is 5.79. The lowest BCUT2D eigenvalue weighted by atomic mass is 9.98. The number of fused-ring (bicyclic) bond motifs is 3. The molecule has 0 radical (unpaired) electrons. The van der Waals surface area contributed by atoms with Gasteiger partial charge < -0.3 is 20.1 Å². The van der Waals surface area contributed by atoms with Crippen molar-refractivity contribution in [3.8, 4) is 11.1 Å². The van der Waals surface area contributed by atoms with E-state index in [1.165, 1.54) is 22.3 Å². The minimum Gasteiger partial charge on any atom is -0.481 e. The maximum absolute atomic E-state index is 12.7. The van der Waals surface area contributed by atoms with Crippen LogP contribution < -0.4 is 5.32 Å². The van der Waals surface area contributed by atoms with Crippen LogP contribution in [0.4, 0.5) is 4.79 Å². The number of alkyl carbamates (subject to hydrolysis) is 1. The maximum atomic E-state index is 12.7. The maximum Gasteiger partial charge on any atom is 0.407 e.